The normalized spacial score (nSPS) is 18.3. The number of hydrogen-bond donors (Lipinski definition) is 0. The van der Waals surface area contributed by atoms with Gasteiger partial charge in [0, 0.05) is 30.1 Å². The van der Waals surface area contributed by atoms with Gasteiger partial charge in [-0.15, -0.1) is 10.2 Å². The van der Waals surface area contributed by atoms with Crippen LogP contribution in [0.1, 0.15) is 19.3 Å². The number of nitrogens with zero attached hydrogens (tertiary/aromatic N) is 3. The third-order valence-corrected chi connectivity index (χ3v) is 4.33. The number of nitro groups is 1. The van der Waals surface area contributed by atoms with Crippen LogP contribution in [-0.4, -0.2) is 33.6 Å². The van der Waals surface area contributed by atoms with Crippen molar-refractivity contribution in [3.63, 3.8) is 0 Å². The SMILES string of the molecule is O=[N+]([O-])c1cccc(-c2nnc(SC[C@@H]3CCCCO3)o2)c1. The smallest absolute Gasteiger partial charge is 0.276 e. The Kier molecular flexibility index (Phi) is 4.69. The summed E-state index contributed by atoms with van der Waals surface area (Å²) >= 11 is 1.45. The third kappa shape index (κ3) is 3.63. The molecule has 2 heterocycles. The average Bonchev–Trinajstić information content (AvgIpc) is 3.03. The van der Waals surface area contributed by atoms with E-state index in [4.69, 9.17) is 9.15 Å². The molecular formula is C14H15N3O4S. The monoisotopic (exact) mass is 321 g/mol. The molecule has 1 aliphatic heterocycles. The maximum Gasteiger partial charge on any atom is 0.276 e. The van der Waals surface area contributed by atoms with Gasteiger partial charge in [-0.3, -0.25) is 10.1 Å². The van der Waals surface area contributed by atoms with Gasteiger partial charge in [-0.2, -0.15) is 0 Å². The summed E-state index contributed by atoms with van der Waals surface area (Å²) in [5.74, 6) is 1.06. The summed E-state index contributed by atoms with van der Waals surface area (Å²) < 4.78 is 11.2. The Hall–Kier alpha value is -1.93. The molecule has 2 aromatic rings. The summed E-state index contributed by atoms with van der Waals surface area (Å²) in [4.78, 5) is 10.3. The molecule has 0 amide bonds. The van der Waals surface area contributed by atoms with Crippen molar-refractivity contribution in [2.24, 2.45) is 0 Å². The number of thioether (sulfide) groups is 1. The molecule has 0 spiro atoms. The molecule has 22 heavy (non-hydrogen) atoms. The van der Waals surface area contributed by atoms with Crippen molar-refractivity contribution >= 4 is 17.4 Å². The molecular weight excluding hydrogens is 306 g/mol. The summed E-state index contributed by atoms with van der Waals surface area (Å²) in [5.41, 5.74) is 0.544. The zero-order chi connectivity index (χ0) is 15.4. The lowest BCUT2D eigenvalue weighted by molar-refractivity contribution is -0.384. The fourth-order valence-corrected chi connectivity index (χ4v) is 3.07. The fourth-order valence-electron chi connectivity index (χ4n) is 2.24. The first kappa shape index (κ1) is 15.0. The molecule has 0 N–H and O–H groups in total. The van der Waals surface area contributed by atoms with Gasteiger partial charge < -0.3 is 9.15 Å². The molecule has 1 aliphatic rings. The van der Waals surface area contributed by atoms with Crippen LogP contribution in [0.15, 0.2) is 33.9 Å². The van der Waals surface area contributed by atoms with E-state index in [0.29, 0.717) is 10.8 Å². The Bertz CT molecular complexity index is 655. The summed E-state index contributed by atoms with van der Waals surface area (Å²) in [5, 5.41) is 19.2. The fraction of sp³-hybridized carbons (Fsp3) is 0.429. The summed E-state index contributed by atoms with van der Waals surface area (Å²) in [6.45, 7) is 0.813. The van der Waals surface area contributed by atoms with Gasteiger partial charge in [0.2, 0.25) is 5.89 Å². The van der Waals surface area contributed by atoms with Gasteiger partial charge in [-0.05, 0) is 25.3 Å². The first-order chi connectivity index (χ1) is 10.7. The molecule has 1 saturated heterocycles. The third-order valence-electron chi connectivity index (χ3n) is 3.38. The molecule has 1 aromatic carbocycles. The van der Waals surface area contributed by atoms with Gasteiger partial charge >= 0.3 is 0 Å². The van der Waals surface area contributed by atoms with E-state index in [9.17, 15) is 10.1 Å². The van der Waals surface area contributed by atoms with E-state index in [1.165, 1.54) is 30.3 Å². The van der Waals surface area contributed by atoms with Crippen molar-refractivity contribution in [2.75, 3.05) is 12.4 Å². The van der Waals surface area contributed by atoms with Crippen molar-refractivity contribution < 1.29 is 14.1 Å². The van der Waals surface area contributed by atoms with Crippen LogP contribution in [0.2, 0.25) is 0 Å². The Morgan fingerprint density at radius 1 is 1.36 bits per heavy atom. The van der Waals surface area contributed by atoms with Crippen LogP contribution in [0.5, 0.6) is 0 Å². The van der Waals surface area contributed by atoms with Crippen molar-refractivity contribution in [3.05, 3.63) is 34.4 Å². The quantitative estimate of drug-likeness (QED) is 0.474. The number of non-ortho nitro benzene ring substituents is 1. The number of benzene rings is 1. The highest BCUT2D eigenvalue weighted by atomic mass is 32.2. The molecule has 0 saturated carbocycles. The average molecular weight is 321 g/mol. The molecule has 1 atom stereocenters. The Labute approximate surface area is 131 Å². The maximum atomic E-state index is 10.8. The van der Waals surface area contributed by atoms with Crippen molar-refractivity contribution in [1.29, 1.82) is 0 Å². The van der Waals surface area contributed by atoms with Crippen LogP contribution >= 0.6 is 11.8 Å². The lowest BCUT2D eigenvalue weighted by Crippen LogP contribution is -2.21. The first-order valence-corrected chi connectivity index (χ1v) is 8.03. The molecule has 0 radical (unpaired) electrons. The van der Waals surface area contributed by atoms with Gasteiger partial charge in [0.15, 0.2) is 0 Å². The Balaban J connectivity index is 1.65. The lowest BCUT2D eigenvalue weighted by atomic mass is 10.1. The second-order valence-corrected chi connectivity index (χ2v) is 5.95. The zero-order valence-corrected chi connectivity index (χ0v) is 12.6. The van der Waals surface area contributed by atoms with Crippen LogP contribution in [0.25, 0.3) is 11.5 Å². The predicted molar refractivity (Wildman–Crippen MR) is 80.7 cm³/mol. The van der Waals surface area contributed by atoms with E-state index >= 15 is 0 Å². The van der Waals surface area contributed by atoms with E-state index in [0.717, 1.165) is 25.2 Å². The highest BCUT2D eigenvalue weighted by Gasteiger charge is 2.17. The molecule has 8 heteroatoms. The lowest BCUT2D eigenvalue weighted by Gasteiger charge is -2.21. The zero-order valence-electron chi connectivity index (χ0n) is 11.8. The highest BCUT2D eigenvalue weighted by molar-refractivity contribution is 7.99. The predicted octanol–water partition coefficient (Wildman–Crippen LogP) is 3.31. The number of nitro benzene ring substituents is 1. The van der Waals surface area contributed by atoms with Crippen molar-refractivity contribution in [3.8, 4) is 11.5 Å². The van der Waals surface area contributed by atoms with Gasteiger partial charge in [-0.1, -0.05) is 17.8 Å². The topological polar surface area (TPSA) is 91.3 Å². The molecule has 0 aliphatic carbocycles. The van der Waals surface area contributed by atoms with Gasteiger partial charge in [-0.25, -0.2) is 0 Å². The van der Waals surface area contributed by atoms with Crippen molar-refractivity contribution in [2.45, 2.75) is 30.6 Å². The molecule has 0 unspecified atom stereocenters. The molecule has 1 fully saturated rings. The molecule has 116 valence electrons. The second-order valence-electron chi connectivity index (χ2n) is 4.98. The first-order valence-electron chi connectivity index (χ1n) is 7.05. The second kappa shape index (κ2) is 6.89. The molecule has 0 bridgehead atoms. The summed E-state index contributed by atoms with van der Waals surface area (Å²) in [6.07, 6.45) is 3.60. The van der Waals surface area contributed by atoms with E-state index < -0.39 is 4.92 Å². The maximum absolute atomic E-state index is 10.8. The van der Waals surface area contributed by atoms with Gasteiger partial charge in [0.1, 0.15) is 0 Å². The minimum Gasteiger partial charge on any atom is -0.411 e. The van der Waals surface area contributed by atoms with Crippen LogP contribution in [0.4, 0.5) is 5.69 Å². The summed E-state index contributed by atoms with van der Waals surface area (Å²) in [6, 6.07) is 6.15. The minimum atomic E-state index is -0.448. The highest BCUT2D eigenvalue weighted by Crippen LogP contribution is 2.27. The molecule has 1 aromatic heterocycles. The minimum absolute atomic E-state index is 0.000471. The van der Waals surface area contributed by atoms with Crippen LogP contribution in [-0.2, 0) is 4.74 Å². The standard InChI is InChI=1S/C14H15N3O4S/c18-17(19)11-5-3-4-10(8-11)13-15-16-14(21-13)22-9-12-6-1-2-7-20-12/h3-5,8,12H,1-2,6-7,9H2/t12-/m0/s1. The van der Waals surface area contributed by atoms with E-state index in [2.05, 4.69) is 10.2 Å². The van der Waals surface area contributed by atoms with E-state index in [1.807, 2.05) is 0 Å². The van der Waals surface area contributed by atoms with Gasteiger partial charge in [0.05, 0.1) is 11.0 Å². The molecule has 7 nitrogen and oxygen atoms in total. The number of aromatic nitrogens is 2. The van der Waals surface area contributed by atoms with Crippen LogP contribution in [0, 0.1) is 10.1 Å². The number of ether oxygens (including phenoxy) is 1. The largest absolute Gasteiger partial charge is 0.411 e. The van der Waals surface area contributed by atoms with Gasteiger partial charge in [0.25, 0.3) is 10.9 Å². The van der Waals surface area contributed by atoms with Crippen LogP contribution < -0.4 is 0 Å². The van der Waals surface area contributed by atoms with E-state index in [-0.39, 0.29) is 17.7 Å². The Morgan fingerprint density at radius 3 is 3.05 bits per heavy atom. The molecule has 3 rings (SSSR count). The Morgan fingerprint density at radius 2 is 2.27 bits per heavy atom. The van der Waals surface area contributed by atoms with E-state index in [1.54, 1.807) is 12.1 Å². The summed E-state index contributed by atoms with van der Waals surface area (Å²) in [7, 11) is 0. The number of rotatable bonds is 5. The van der Waals surface area contributed by atoms with Crippen LogP contribution in [0.3, 0.4) is 0 Å². The van der Waals surface area contributed by atoms with Crippen molar-refractivity contribution in [1.82, 2.24) is 10.2 Å². The number of hydrogen-bond acceptors (Lipinski definition) is 7.